The van der Waals surface area contributed by atoms with E-state index in [1.54, 1.807) is 24.3 Å². The van der Waals surface area contributed by atoms with Crippen molar-refractivity contribution in [3.05, 3.63) is 29.8 Å². The molecule has 0 aliphatic carbocycles. The number of hydrogen-bond acceptors (Lipinski definition) is 3. The van der Waals surface area contributed by atoms with Crippen LogP contribution in [0.25, 0.3) is 0 Å². The highest BCUT2D eigenvalue weighted by atomic mass is 32.2. The number of hydrogen-bond donors (Lipinski definition) is 0. The molecule has 122 valence electrons. The predicted octanol–water partition coefficient (Wildman–Crippen LogP) is 4.14. The Morgan fingerprint density at radius 2 is 1.68 bits per heavy atom. The van der Waals surface area contributed by atoms with E-state index >= 15 is 0 Å². The highest BCUT2D eigenvalue weighted by molar-refractivity contribution is 7.96. The van der Waals surface area contributed by atoms with Crippen LogP contribution in [0.1, 0.15) is 32.8 Å². The van der Waals surface area contributed by atoms with E-state index in [9.17, 15) is 8.42 Å². The van der Waals surface area contributed by atoms with Gasteiger partial charge in [-0.2, -0.15) is 0 Å². The number of sulfone groups is 1. The molecule has 0 spiro atoms. The van der Waals surface area contributed by atoms with Gasteiger partial charge in [0, 0.05) is 18.3 Å². The van der Waals surface area contributed by atoms with Gasteiger partial charge in [0.15, 0.2) is 8.32 Å². The minimum absolute atomic E-state index is 0.147. The first kappa shape index (κ1) is 19.0. The van der Waals surface area contributed by atoms with Crippen LogP contribution in [0.5, 0.6) is 0 Å². The third-order valence-corrected chi connectivity index (χ3v) is 9.88. The standard InChI is InChI=1S/C17H26O3SSi/c1-15-9-11-16(12-10-15)21(18,19)14-8-7-13-20-22(5,6)17(2,3)4/h9-12H,7,13H2,1-6H3. The van der Waals surface area contributed by atoms with Crippen molar-refractivity contribution in [2.24, 2.45) is 0 Å². The summed E-state index contributed by atoms with van der Waals surface area (Å²) in [6.45, 7) is 13.3. The van der Waals surface area contributed by atoms with E-state index in [0.29, 0.717) is 13.0 Å². The van der Waals surface area contributed by atoms with Gasteiger partial charge in [-0.15, -0.1) is 0 Å². The Morgan fingerprint density at radius 3 is 2.18 bits per heavy atom. The van der Waals surface area contributed by atoms with E-state index in [1.165, 1.54) is 0 Å². The topological polar surface area (TPSA) is 43.4 Å². The highest BCUT2D eigenvalue weighted by Crippen LogP contribution is 2.36. The molecule has 0 atom stereocenters. The Labute approximate surface area is 136 Å². The lowest BCUT2D eigenvalue weighted by atomic mass is 10.2. The molecule has 0 aromatic heterocycles. The summed E-state index contributed by atoms with van der Waals surface area (Å²) in [6, 6.07) is 6.72. The summed E-state index contributed by atoms with van der Waals surface area (Å²) in [4.78, 5) is 0.246. The summed E-state index contributed by atoms with van der Waals surface area (Å²) < 4.78 is 30.1. The second-order valence-corrected chi connectivity index (χ2v) is 13.4. The van der Waals surface area contributed by atoms with Crippen LogP contribution in [0.15, 0.2) is 29.2 Å². The molecule has 1 aromatic rings. The maximum Gasteiger partial charge on any atom is 0.245 e. The molecule has 0 aliphatic rings. The fraction of sp³-hybridized carbons (Fsp3) is 0.529. The van der Waals surface area contributed by atoms with Gasteiger partial charge >= 0.3 is 0 Å². The summed E-state index contributed by atoms with van der Waals surface area (Å²) in [5, 5.41) is 2.52. The highest BCUT2D eigenvalue weighted by Gasteiger charge is 2.36. The van der Waals surface area contributed by atoms with Gasteiger partial charge in [-0.05, 0) is 37.2 Å². The molecular weight excluding hydrogens is 312 g/mol. The maximum atomic E-state index is 12.1. The third-order valence-electron chi connectivity index (χ3n) is 4.03. The SMILES string of the molecule is Cc1ccc(S(=O)(=O)C#CCCO[Si](C)(C)C(C)(C)C)cc1. The third kappa shape index (κ3) is 5.27. The van der Waals surface area contributed by atoms with Gasteiger partial charge in [0.05, 0.1) is 4.90 Å². The van der Waals surface area contributed by atoms with Crippen molar-refractivity contribution < 1.29 is 12.8 Å². The van der Waals surface area contributed by atoms with E-state index < -0.39 is 18.2 Å². The Bertz CT molecular complexity index is 657. The first-order valence-corrected chi connectivity index (χ1v) is 11.8. The molecule has 0 amide bonds. The zero-order valence-electron chi connectivity index (χ0n) is 14.4. The lowest BCUT2D eigenvalue weighted by Gasteiger charge is -2.35. The van der Waals surface area contributed by atoms with Gasteiger partial charge in [0.25, 0.3) is 0 Å². The normalized spacial score (nSPS) is 12.6. The van der Waals surface area contributed by atoms with Crippen LogP contribution in [-0.4, -0.2) is 23.3 Å². The molecule has 0 saturated carbocycles. The first-order chi connectivity index (χ1) is 9.96. The fourth-order valence-corrected chi connectivity index (χ4v) is 3.45. The minimum atomic E-state index is -3.53. The van der Waals surface area contributed by atoms with Crippen LogP contribution in [0.2, 0.25) is 18.1 Å². The zero-order valence-corrected chi connectivity index (χ0v) is 16.2. The molecule has 22 heavy (non-hydrogen) atoms. The molecule has 3 nitrogen and oxygen atoms in total. The average molecular weight is 339 g/mol. The van der Waals surface area contributed by atoms with Gasteiger partial charge in [0.2, 0.25) is 9.84 Å². The molecule has 0 aliphatic heterocycles. The van der Waals surface area contributed by atoms with E-state index in [-0.39, 0.29) is 9.93 Å². The summed E-state index contributed by atoms with van der Waals surface area (Å²) >= 11 is 0. The van der Waals surface area contributed by atoms with Crippen LogP contribution < -0.4 is 0 Å². The van der Waals surface area contributed by atoms with Crippen LogP contribution in [0.3, 0.4) is 0 Å². The van der Waals surface area contributed by atoms with Gasteiger partial charge in [0.1, 0.15) is 0 Å². The summed E-state index contributed by atoms with van der Waals surface area (Å²) in [7, 11) is -5.31. The summed E-state index contributed by atoms with van der Waals surface area (Å²) in [5.41, 5.74) is 1.02. The Balaban J connectivity index is 2.63. The second kappa shape index (κ2) is 6.99. The number of aryl methyl sites for hydroxylation is 1. The Kier molecular flexibility index (Phi) is 6.02. The van der Waals surface area contributed by atoms with Gasteiger partial charge in [-0.3, -0.25) is 0 Å². The van der Waals surface area contributed by atoms with Crippen molar-refractivity contribution in [1.82, 2.24) is 0 Å². The molecule has 0 N–H and O–H groups in total. The summed E-state index contributed by atoms with van der Waals surface area (Å²) in [5.74, 6) is 2.72. The zero-order chi connectivity index (χ0) is 17.0. The quantitative estimate of drug-likeness (QED) is 0.359. The fourth-order valence-electron chi connectivity index (χ4n) is 1.50. The van der Waals surface area contributed by atoms with Crippen molar-refractivity contribution in [1.29, 1.82) is 0 Å². The van der Waals surface area contributed by atoms with Crippen molar-refractivity contribution in [3.8, 4) is 11.2 Å². The Morgan fingerprint density at radius 1 is 1.14 bits per heavy atom. The van der Waals surface area contributed by atoms with Crippen LogP contribution in [0, 0.1) is 18.1 Å². The van der Waals surface area contributed by atoms with Crippen molar-refractivity contribution in [2.75, 3.05) is 6.61 Å². The average Bonchev–Trinajstić information content (AvgIpc) is 2.37. The van der Waals surface area contributed by atoms with E-state index in [2.05, 4.69) is 45.0 Å². The Hall–Kier alpha value is -1.09. The second-order valence-electron chi connectivity index (χ2n) is 6.95. The molecule has 0 unspecified atom stereocenters. The molecule has 1 rings (SSSR count). The molecule has 5 heteroatoms. The van der Waals surface area contributed by atoms with Gasteiger partial charge in [-0.25, -0.2) is 8.42 Å². The van der Waals surface area contributed by atoms with Crippen molar-refractivity contribution >= 4 is 18.2 Å². The minimum Gasteiger partial charge on any atom is -0.416 e. The lowest BCUT2D eigenvalue weighted by Crippen LogP contribution is -2.40. The van der Waals surface area contributed by atoms with Crippen molar-refractivity contribution in [3.63, 3.8) is 0 Å². The van der Waals surface area contributed by atoms with Crippen LogP contribution >= 0.6 is 0 Å². The van der Waals surface area contributed by atoms with Crippen LogP contribution in [-0.2, 0) is 14.3 Å². The van der Waals surface area contributed by atoms with Gasteiger partial charge in [-0.1, -0.05) is 44.4 Å². The molecule has 0 heterocycles. The number of rotatable bonds is 4. The molecule has 0 bridgehead atoms. The molecule has 1 aromatic carbocycles. The summed E-state index contributed by atoms with van der Waals surface area (Å²) in [6.07, 6.45) is 0.428. The van der Waals surface area contributed by atoms with E-state index in [1.807, 2.05) is 6.92 Å². The molecular formula is C17H26O3SSi. The van der Waals surface area contributed by atoms with E-state index in [0.717, 1.165) is 5.56 Å². The molecule has 0 radical (unpaired) electrons. The monoisotopic (exact) mass is 338 g/mol. The smallest absolute Gasteiger partial charge is 0.245 e. The molecule has 0 fully saturated rings. The number of benzene rings is 1. The first-order valence-electron chi connectivity index (χ1n) is 7.41. The maximum absolute atomic E-state index is 12.1. The van der Waals surface area contributed by atoms with Crippen LogP contribution in [0.4, 0.5) is 0 Å². The predicted molar refractivity (Wildman–Crippen MR) is 93.9 cm³/mol. The van der Waals surface area contributed by atoms with Gasteiger partial charge < -0.3 is 4.43 Å². The molecule has 0 saturated heterocycles. The van der Waals surface area contributed by atoms with E-state index in [4.69, 9.17) is 4.43 Å². The van der Waals surface area contributed by atoms with Crippen molar-refractivity contribution in [2.45, 2.75) is 57.1 Å². The lowest BCUT2D eigenvalue weighted by molar-refractivity contribution is 0.296. The largest absolute Gasteiger partial charge is 0.416 e.